The number of carbonyl (C=O) groups excluding carboxylic acids is 1. The summed E-state index contributed by atoms with van der Waals surface area (Å²) in [5, 5.41) is 0. The van der Waals surface area contributed by atoms with Crippen LogP contribution in [0.5, 0.6) is 0 Å². The first kappa shape index (κ1) is 15.7. The van der Waals surface area contributed by atoms with Crippen LogP contribution in [-0.4, -0.2) is 39.4 Å². The van der Waals surface area contributed by atoms with Crippen LogP contribution in [0, 0.1) is 0 Å². The minimum atomic E-state index is 0.0705. The molecule has 0 bridgehead atoms. The van der Waals surface area contributed by atoms with Crippen molar-refractivity contribution in [1.29, 1.82) is 0 Å². The van der Waals surface area contributed by atoms with Gasteiger partial charge in [-0.3, -0.25) is 0 Å². The Morgan fingerprint density at radius 1 is 1.37 bits per heavy atom. The molecule has 1 amide bonds. The van der Waals surface area contributed by atoms with E-state index in [0.29, 0.717) is 6.54 Å². The fourth-order valence-electron chi connectivity index (χ4n) is 1.57. The van der Waals surface area contributed by atoms with Crippen LogP contribution < -0.4 is 4.46 Å². The van der Waals surface area contributed by atoms with Crippen LogP contribution in [0.3, 0.4) is 0 Å². The SMILES string of the molecule is C=CCN(C)C(=O)C=C(CCC)[Se]c1ccccc1. The van der Waals surface area contributed by atoms with Crippen molar-refractivity contribution in [2.24, 2.45) is 0 Å². The van der Waals surface area contributed by atoms with Crippen molar-refractivity contribution < 1.29 is 4.79 Å². The fraction of sp³-hybridized carbons (Fsp3) is 0.312. The molecule has 102 valence electrons. The first-order chi connectivity index (χ1) is 9.17. The first-order valence-electron chi connectivity index (χ1n) is 6.46. The van der Waals surface area contributed by atoms with E-state index in [1.165, 1.54) is 8.93 Å². The van der Waals surface area contributed by atoms with Gasteiger partial charge < -0.3 is 0 Å². The van der Waals surface area contributed by atoms with Gasteiger partial charge >= 0.3 is 122 Å². The van der Waals surface area contributed by atoms with E-state index >= 15 is 0 Å². The molecule has 19 heavy (non-hydrogen) atoms. The van der Waals surface area contributed by atoms with Gasteiger partial charge in [0.25, 0.3) is 0 Å². The van der Waals surface area contributed by atoms with E-state index in [0.717, 1.165) is 12.8 Å². The Labute approximate surface area is 122 Å². The van der Waals surface area contributed by atoms with Crippen molar-refractivity contribution in [3.63, 3.8) is 0 Å². The van der Waals surface area contributed by atoms with E-state index in [1.807, 2.05) is 18.2 Å². The number of hydrogen-bond acceptors (Lipinski definition) is 1. The number of hydrogen-bond donors (Lipinski definition) is 0. The van der Waals surface area contributed by atoms with Crippen LogP contribution in [0.2, 0.25) is 0 Å². The van der Waals surface area contributed by atoms with Crippen LogP contribution in [0.1, 0.15) is 19.8 Å². The molecule has 1 aromatic rings. The summed E-state index contributed by atoms with van der Waals surface area (Å²) in [4.78, 5) is 13.7. The van der Waals surface area contributed by atoms with E-state index < -0.39 is 0 Å². The zero-order valence-electron chi connectivity index (χ0n) is 11.6. The van der Waals surface area contributed by atoms with Crippen LogP contribution >= 0.6 is 0 Å². The van der Waals surface area contributed by atoms with Crippen LogP contribution in [0.25, 0.3) is 0 Å². The third-order valence-electron chi connectivity index (χ3n) is 2.55. The van der Waals surface area contributed by atoms with Gasteiger partial charge in [-0.15, -0.1) is 0 Å². The molecule has 0 atom stereocenters. The Hall–Kier alpha value is -1.31. The average molecular weight is 322 g/mol. The summed E-state index contributed by atoms with van der Waals surface area (Å²) in [6.45, 7) is 6.39. The summed E-state index contributed by atoms with van der Waals surface area (Å²) in [6, 6.07) is 10.4. The molecular formula is C16H21NOSe. The molecule has 0 radical (unpaired) electrons. The monoisotopic (exact) mass is 323 g/mol. The van der Waals surface area contributed by atoms with Crippen LogP contribution in [0.15, 0.2) is 53.5 Å². The number of carbonyl (C=O) groups is 1. The standard InChI is InChI=1S/C16H21NOSe/c1-4-9-15(13-16(18)17(3)12-5-2)19-14-10-7-6-8-11-14/h5-8,10-11,13H,2,4,9,12H2,1,3H3. The summed E-state index contributed by atoms with van der Waals surface area (Å²) in [6.07, 6.45) is 5.61. The quantitative estimate of drug-likeness (QED) is 0.429. The third-order valence-corrected chi connectivity index (χ3v) is 4.84. The van der Waals surface area contributed by atoms with Crippen molar-refractivity contribution in [3.05, 3.63) is 53.5 Å². The number of nitrogens with zero attached hydrogens (tertiary/aromatic N) is 1. The Morgan fingerprint density at radius 2 is 2.05 bits per heavy atom. The predicted octanol–water partition coefficient (Wildman–Crippen LogP) is 2.34. The molecule has 0 heterocycles. The zero-order valence-corrected chi connectivity index (χ0v) is 13.3. The van der Waals surface area contributed by atoms with Gasteiger partial charge in [0.15, 0.2) is 0 Å². The van der Waals surface area contributed by atoms with E-state index in [2.05, 4.69) is 25.6 Å². The number of rotatable bonds is 7. The predicted molar refractivity (Wildman–Crippen MR) is 82.7 cm³/mol. The van der Waals surface area contributed by atoms with Gasteiger partial charge in [0, 0.05) is 0 Å². The topological polar surface area (TPSA) is 20.3 Å². The van der Waals surface area contributed by atoms with Gasteiger partial charge in [0.1, 0.15) is 0 Å². The van der Waals surface area contributed by atoms with Gasteiger partial charge in [-0.05, 0) is 0 Å². The van der Waals surface area contributed by atoms with Crippen LogP contribution in [0.4, 0.5) is 0 Å². The molecule has 0 fully saturated rings. The molecule has 2 nitrogen and oxygen atoms in total. The van der Waals surface area contributed by atoms with Gasteiger partial charge in [-0.25, -0.2) is 0 Å². The van der Waals surface area contributed by atoms with Crippen molar-refractivity contribution >= 4 is 25.3 Å². The maximum absolute atomic E-state index is 12.0. The van der Waals surface area contributed by atoms with Gasteiger partial charge in [-0.2, -0.15) is 0 Å². The van der Waals surface area contributed by atoms with E-state index in [4.69, 9.17) is 0 Å². The number of amides is 1. The summed E-state index contributed by atoms with van der Waals surface area (Å²) in [5.41, 5.74) is 0. The van der Waals surface area contributed by atoms with E-state index in [9.17, 15) is 4.79 Å². The molecule has 0 saturated carbocycles. The molecule has 0 spiro atoms. The van der Waals surface area contributed by atoms with Crippen molar-refractivity contribution in [2.45, 2.75) is 19.8 Å². The Balaban J connectivity index is 2.76. The number of benzene rings is 1. The molecular weight excluding hydrogens is 301 g/mol. The Morgan fingerprint density at radius 3 is 2.63 bits per heavy atom. The van der Waals surface area contributed by atoms with E-state index in [-0.39, 0.29) is 20.9 Å². The van der Waals surface area contributed by atoms with Crippen molar-refractivity contribution in [2.75, 3.05) is 13.6 Å². The maximum atomic E-state index is 12.0. The Bertz CT molecular complexity index is 439. The Kier molecular flexibility index (Phi) is 7.24. The molecule has 0 aromatic heterocycles. The normalized spacial score (nSPS) is 11.2. The fourth-order valence-corrected chi connectivity index (χ4v) is 3.80. The van der Waals surface area contributed by atoms with Gasteiger partial charge in [0.2, 0.25) is 0 Å². The molecule has 0 aliphatic heterocycles. The summed E-state index contributed by atoms with van der Waals surface area (Å²) >= 11 is 0.238. The second-order valence-electron chi connectivity index (χ2n) is 4.28. The van der Waals surface area contributed by atoms with E-state index in [1.54, 1.807) is 24.1 Å². The van der Waals surface area contributed by atoms with Crippen molar-refractivity contribution in [1.82, 2.24) is 4.90 Å². The third kappa shape index (κ3) is 5.91. The zero-order chi connectivity index (χ0) is 14.1. The summed E-state index contributed by atoms with van der Waals surface area (Å²) in [7, 11) is 1.81. The molecule has 0 aliphatic carbocycles. The molecule has 0 saturated heterocycles. The minimum absolute atomic E-state index is 0.0705. The summed E-state index contributed by atoms with van der Waals surface area (Å²) < 4.78 is 2.57. The molecule has 0 unspecified atom stereocenters. The molecule has 1 rings (SSSR count). The average Bonchev–Trinajstić information content (AvgIpc) is 2.40. The second kappa shape index (κ2) is 8.73. The molecule has 3 heteroatoms. The molecule has 1 aromatic carbocycles. The molecule has 0 aliphatic rings. The molecule has 0 N–H and O–H groups in total. The number of allylic oxidation sites excluding steroid dienone is 1. The first-order valence-corrected chi connectivity index (χ1v) is 8.18. The van der Waals surface area contributed by atoms with Crippen LogP contribution in [-0.2, 0) is 4.79 Å². The van der Waals surface area contributed by atoms with Gasteiger partial charge in [0.05, 0.1) is 0 Å². The van der Waals surface area contributed by atoms with Crippen molar-refractivity contribution in [3.8, 4) is 0 Å². The number of likely N-dealkylation sites (N-methyl/N-ethyl adjacent to an activating group) is 1. The second-order valence-corrected chi connectivity index (χ2v) is 6.80. The summed E-state index contributed by atoms with van der Waals surface area (Å²) in [5.74, 6) is 0.0705. The van der Waals surface area contributed by atoms with Gasteiger partial charge in [-0.1, -0.05) is 0 Å².